The Balaban J connectivity index is 0.000000154. The van der Waals surface area contributed by atoms with Crippen LogP contribution in [0.15, 0.2) is 18.2 Å². The van der Waals surface area contributed by atoms with E-state index in [2.05, 4.69) is 4.98 Å². The summed E-state index contributed by atoms with van der Waals surface area (Å²) < 4.78 is 0. The molecule has 0 fully saturated rings. The van der Waals surface area contributed by atoms with E-state index >= 15 is 0 Å². The first-order chi connectivity index (χ1) is 9.97. The van der Waals surface area contributed by atoms with Crippen LogP contribution in [0.3, 0.4) is 0 Å². The van der Waals surface area contributed by atoms with Gasteiger partial charge in [-0.05, 0) is 50.3 Å². The highest BCUT2D eigenvalue weighted by Crippen LogP contribution is 2.27. The fraction of sp³-hybridized carbons (Fsp3) is 0.333. The van der Waals surface area contributed by atoms with Gasteiger partial charge in [0.25, 0.3) is 0 Å². The van der Waals surface area contributed by atoms with Crippen molar-refractivity contribution >= 4 is 34.0 Å². The van der Waals surface area contributed by atoms with E-state index in [4.69, 9.17) is 23.1 Å². The molecule has 0 spiro atoms. The van der Waals surface area contributed by atoms with E-state index in [1.165, 1.54) is 29.8 Å². The zero-order valence-corrected chi connectivity index (χ0v) is 13.4. The molecule has 0 saturated heterocycles. The predicted molar refractivity (Wildman–Crippen MR) is 87.9 cm³/mol. The van der Waals surface area contributed by atoms with Crippen LogP contribution in [0, 0.1) is 6.92 Å². The molecule has 1 aliphatic carbocycles. The predicted octanol–water partition coefficient (Wildman–Crippen LogP) is 3.35. The summed E-state index contributed by atoms with van der Waals surface area (Å²) in [5, 5.41) is 1.31. The van der Waals surface area contributed by atoms with Crippen molar-refractivity contribution in [1.29, 1.82) is 0 Å². The van der Waals surface area contributed by atoms with Crippen LogP contribution in [0.1, 0.15) is 39.3 Å². The van der Waals surface area contributed by atoms with Gasteiger partial charge in [-0.1, -0.05) is 17.7 Å². The van der Waals surface area contributed by atoms with Gasteiger partial charge >= 0.3 is 0 Å². The smallest absolute Gasteiger partial charge is 0.248 e. The van der Waals surface area contributed by atoms with Gasteiger partial charge in [0.1, 0.15) is 0 Å². The molecule has 112 valence electrons. The Bertz CT molecular complexity index is 631. The summed E-state index contributed by atoms with van der Waals surface area (Å²) in [7, 11) is 0. The van der Waals surface area contributed by atoms with Gasteiger partial charge in [0.05, 0.1) is 5.69 Å². The minimum absolute atomic E-state index is 0.445. The Hall–Kier alpha value is -1.59. The van der Waals surface area contributed by atoms with Gasteiger partial charge in [-0.3, -0.25) is 4.79 Å². The highest BCUT2D eigenvalue weighted by molar-refractivity contribution is 7.15. The van der Waals surface area contributed by atoms with E-state index in [0.29, 0.717) is 10.6 Å². The summed E-state index contributed by atoms with van der Waals surface area (Å²) in [5.41, 5.74) is 13.2. The first kappa shape index (κ1) is 15.8. The molecule has 4 nitrogen and oxygen atoms in total. The average molecular weight is 324 g/mol. The van der Waals surface area contributed by atoms with E-state index in [-0.39, 0.29) is 0 Å². The molecule has 1 amide bonds. The SMILES string of the molecule is Cc1ccc(C(N)=O)cc1Cl.Nc1nc2c(s1)CCCC2. The second-order valence-corrected chi connectivity index (χ2v) is 6.48. The molecule has 1 aliphatic rings. The Morgan fingerprint density at radius 1 is 1.33 bits per heavy atom. The lowest BCUT2D eigenvalue weighted by molar-refractivity contribution is 0.100. The molecule has 0 aliphatic heterocycles. The van der Waals surface area contributed by atoms with Crippen molar-refractivity contribution in [3.8, 4) is 0 Å². The number of aryl methyl sites for hydroxylation is 3. The summed E-state index contributed by atoms with van der Waals surface area (Å²) >= 11 is 7.41. The number of amides is 1. The van der Waals surface area contributed by atoms with Crippen LogP contribution in [-0.4, -0.2) is 10.9 Å². The van der Waals surface area contributed by atoms with Gasteiger partial charge in [0, 0.05) is 15.5 Å². The largest absolute Gasteiger partial charge is 0.375 e. The zero-order valence-electron chi connectivity index (χ0n) is 11.9. The number of thiazole rings is 1. The third kappa shape index (κ3) is 4.19. The zero-order chi connectivity index (χ0) is 15.4. The average Bonchev–Trinajstić information content (AvgIpc) is 2.82. The van der Waals surface area contributed by atoms with Crippen molar-refractivity contribution in [2.45, 2.75) is 32.6 Å². The molecule has 0 radical (unpaired) electrons. The monoisotopic (exact) mass is 323 g/mol. The summed E-state index contributed by atoms with van der Waals surface area (Å²) in [6.45, 7) is 1.87. The minimum atomic E-state index is -0.452. The normalized spacial score (nSPS) is 13.0. The molecule has 1 aromatic carbocycles. The number of anilines is 1. The van der Waals surface area contributed by atoms with Crippen LogP contribution in [-0.2, 0) is 12.8 Å². The van der Waals surface area contributed by atoms with E-state index < -0.39 is 5.91 Å². The van der Waals surface area contributed by atoms with E-state index in [1.807, 2.05) is 6.92 Å². The fourth-order valence-corrected chi connectivity index (χ4v) is 3.22. The van der Waals surface area contributed by atoms with Crippen molar-refractivity contribution in [2.24, 2.45) is 5.73 Å². The van der Waals surface area contributed by atoms with Gasteiger partial charge in [-0.2, -0.15) is 0 Å². The minimum Gasteiger partial charge on any atom is -0.375 e. The van der Waals surface area contributed by atoms with Crippen molar-refractivity contribution in [1.82, 2.24) is 4.98 Å². The molecule has 0 saturated carbocycles. The van der Waals surface area contributed by atoms with Crippen LogP contribution >= 0.6 is 22.9 Å². The topological polar surface area (TPSA) is 82.0 Å². The van der Waals surface area contributed by atoms with Crippen molar-refractivity contribution in [3.63, 3.8) is 0 Å². The number of benzene rings is 1. The molecule has 0 unspecified atom stereocenters. The van der Waals surface area contributed by atoms with Crippen LogP contribution in [0.4, 0.5) is 5.13 Å². The molecule has 2 aromatic rings. The van der Waals surface area contributed by atoms with Crippen molar-refractivity contribution < 1.29 is 4.79 Å². The third-order valence-corrected chi connectivity index (χ3v) is 4.71. The molecule has 21 heavy (non-hydrogen) atoms. The Kier molecular flexibility index (Phi) is 5.20. The van der Waals surface area contributed by atoms with E-state index in [1.54, 1.807) is 29.5 Å². The number of hydrogen-bond acceptors (Lipinski definition) is 4. The number of primary amides is 1. The van der Waals surface area contributed by atoms with Gasteiger partial charge < -0.3 is 11.5 Å². The number of nitrogen functional groups attached to an aromatic ring is 1. The van der Waals surface area contributed by atoms with Crippen molar-refractivity contribution in [3.05, 3.63) is 44.9 Å². The van der Waals surface area contributed by atoms with Gasteiger partial charge in [-0.15, -0.1) is 11.3 Å². The molecule has 0 bridgehead atoms. The maximum Gasteiger partial charge on any atom is 0.248 e. The van der Waals surface area contributed by atoms with Gasteiger partial charge in [-0.25, -0.2) is 4.98 Å². The standard InChI is InChI=1S/C8H8ClNO.C7H10N2S/c1-5-2-3-6(8(10)11)4-7(5)9;8-7-9-5-3-1-2-4-6(5)10-7/h2-4H,1H3,(H2,10,11);1-4H2,(H2,8,9). The van der Waals surface area contributed by atoms with E-state index in [0.717, 1.165) is 17.1 Å². The summed E-state index contributed by atoms with van der Waals surface area (Å²) in [4.78, 5) is 16.3. The maximum absolute atomic E-state index is 10.6. The van der Waals surface area contributed by atoms with Crippen LogP contribution in [0.2, 0.25) is 5.02 Å². The van der Waals surface area contributed by atoms with Gasteiger partial charge in [0.15, 0.2) is 5.13 Å². The molecule has 6 heteroatoms. The second-order valence-electron chi connectivity index (χ2n) is 4.96. The molecule has 1 aromatic heterocycles. The highest BCUT2D eigenvalue weighted by Gasteiger charge is 2.12. The molecular weight excluding hydrogens is 306 g/mol. The second kappa shape index (κ2) is 6.91. The van der Waals surface area contributed by atoms with Crippen LogP contribution in [0.25, 0.3) is 0 Å². The summed E-state index contributed by atoms with van der Waals surface area (Å²) in [6, 6.07) is 4.99. The first-order valence-electron chi connectivity index (χ1n) is 6.77. The number of nitrogens with zero attached hydrogens (tertiary/aromatic N) is 1. The summed E-state index contributed by atoms with van der Waals surface area (Å²) in [5.74, 6) is -0.452. The molecule has 0 atom stereocenters. The van der Waals surface area contributed by atoms with Crippen LogP contribution in [0.5, 0.6) is 0 Å². The molecular formula is C15H18ClN3OS. The van der Waals surface area contributed by atoms with Crippen molar-refractivity contribution in [2.75, 3.05) is 5.73 Å². The Morgan fingerprint density at radius 2 is 2.05 bits per heavy atom. The number of nitrogens with two attached hydrogens (primary N) is 2. The number of aromatic nitrogens is 1. The molecule has 4 N–H and O–H groups in total. The number of carbonyl (C=O) groups is 1. The highest BCUT2D eigenvalue weighted by atomic mass is 35.5. The fourth-order valence-electron chi connectivity index (χ4n) is 2.12. The maximum atomic E-state index is 10.6. The number of fused-ring (bicyclic) bond motifs is 1. The number of rotatable bonds is 1. The Labute approximate surface area is 133 Å². The van der Waals surface area contributed by atoms with Gasteiger partial charge in [0.2, 0.25) is 5.91 Å². The lowest BCUT2D eigenvalue weighted by Crippen LogP contribution is -2.10. The van der Waals surface area contributed by atoms with Crippen LogP contribution < -0.4 is 11.5 Å². The van der Waals surface area contributed by atoms with E-state index in [9.17, 15) is 4.79 Å². The lowest BCUT2D eigenvalue weighted by Gasteiger charge is -2.06. The number of halogens is 1. The quantitative estimate of drug-likeness (QED) is 0.844. The molecule has 3 rings (SSSR count). The molecule has 1 heterocycles. The number of hydrogen-bond donors (Lipinski definition) is 2. The summed E-state index contributed by atoms with van der Waals surface area (Å²) in [6.07, 6.45) is 4.94. The lowest BCUT2D eigenvalue weighted by atomic mass is 10.0. The number of carbonyl (C=O) groups excluding carboxylic acids is 1. The third-order valence-electron chi connectivity index (χ3n) is 3.32. The Morgan fingerprint density at radius 3 is 2.67 bits per heavy atom. The first-order valence-corrected chi connectivity index (χ1v) is 7.97.